The van der Waals surface area contributed by atoms with Gasteiger partial charge in [0.25, 0.3) is 5.91 Å². The Labute approximate surface area is 123 Å². The minimum atomic E-state index is -0.610. The quantitative estimate of drug-likeness (QED) is 0.493. The van der Waals surface area contributed by atoms with E-state index in [4.69, 9.17) is 10.5 Å². The lowest BCUT2D eigenvalue weighted by Crippen LogP contribution is -2.46. The fraction of sp³-hybridized carbons (Fsp3) is 0.400. The molecule has 0 bridgehead atoms. The fourth-order valence-electron chi connectivity index (χ4n) is 2.45. The van der Waals surface area contributed by atoms with Crippen molar-refractivity contribution in [2.75, 3.05) is 13.1 Å². The smallest absolute Gasteiger partial charge is 0.284 e. The maximum Gasteiger partial charge on any atom is 0.284 e. The van der Waals surface area contributed by atoms with Crippen LogP contribution < -0.4 is 5.32 Å². The van der Waals surface area contributed by atoms with E-state index >= 15 is 0 Å². The van der Waals surface area contributed by atoms with Crippen LogP contribution in [0.15, 0.2) is 35.5 Å². The van der Waals surface area contributed by atoms with Gasteiger partial charge < -0.3 is 10.5 Å². The molecule has 0 aromatic heterocycles. The molecule has 1 aromatic rings. The highest BCUT2D eigenvalue weighted by Crippen LogP contribution is 2.13. The number of oxime groups is 1. The van der Waals surface area contributed by atoms with E-state index in [0.717, 1.165) is 32.5 Å². The van der Waals surface area contributed by atoms with Crippen LogP contribution in [0.3, 0.4) is 0 Å². The molecule has 6 nitrogen and oxygen atoms in total. The van der Waals surface area contributed by atoms with Crippen molar-refractivity contribution in [3.05, 3.63) is 35.9 Å². The average molecular weight is 286 g/mol. The summed E-state index contributed by atoms with van der Waals surface area (Å²) in [7, 11) is 0. The Morgan fingerprint density at radius 2 is 2.05 bits per heavy atom. The van der Waals surface area contributed by atoms with Crippen molar-refractivity contribution in [1.29, 1.82) is 5.26 Å². The van der Waals surface area contributed by atoms with Crippen LogP contribution in [0.25, 0.3) is 0 Å². The van der Waals surface area contributed by atoms with Crippen molar-refractivity contribution in [2.45, 2.75) is 25.4 Å². The van der Waals surface area contributed by atoms with Crippen molar-refractivity contribution in [3.8, 4) is 6.07 Å². The van der Waals surface area contributed by atoms with Gasteiger partial charge in [0.05, 0.1) is 0 Å². The Balaban J connectivity index is 1.79. The first-order chi connectivity index (χ1) is 10.2. The molecule has 1 aliphatic rings. The van der Waals surface area contributed by atoms with Crippen molar-refractivity contribution in [2.24, 2.45) is 5.16 Å². The third-order valence-corrected chi connectivity index (χ3v) is 3.59. The van der Waals surface area contributed by atoms with Gasteiger partial charge in [-0.1, -0.05) is 35.5 Å². The third kappa shape index (κ3) is 4.29. The van der Waals surface area contributed by atoms with E-state index in [-0.39, 0.29) is 6.04 Å². The predicted octanol–water partition coefficient (Wildman–Crippen LogP) is 1.12. The summed E-state index contributed by atoms with van der Waals surface area (Å²) in [4.78, 5) is 13.9. The first kappa shape index (κ1) is 15.0. The molecule has 1 aromatic carbocycles. The molecule has 1 saturated heterocycles. The zero-order chi connectivity index (χ0) is 15.1. The normalized spacial score (nSPS) is 17.2. The van der Waals surface area contributed by atoms with Crippen LogP contribution in [0.4, 0.5) is 0 Å². The Morgan fingerprint density at radius 1 is 1.38 bits per heavy atom. The monoisotopic (exact) mass is 286 g/mol. The highest BCUT2D eigenvalue weighted by Gasteiger charge is 2.22. The maximum atomic E-state index is 11.6. The zero-order valence-corrected chi connectivity index (χ0v) is 11.7. The van der Waals surface area contributed by atoms with E-state index in [1.54, 1.807) is 6.07 Å². The molecule has 6 heteroatoms. The third-order valence-electron chi connectivity index (χ3n) is 3.59. The molecule has 0 radical (unpaired) electrons. The summed E-state index contributed by atoms with van der Waals surface area (Å²) in [5.41, 5.74) is 0.779. The van der Waals surface area contributed by atoms with Gasteiger partial charge in [-0.2, -0.15) is 5.26 Å². The van der Waals surface area contributed by atoms with Gasteiger partial charge in [0.15, 0.2) is 0 Å². The number of nitriles is 1. The minimum Gasteiger partial charge on any atom is -0.410 e. The molecular formula is C15H18N4O2. The Hall–Kier alpha value is -2.39. The van der Waals surface area contributed by atoms with Gasteiger partial charge in [0.1, 0.15) is 6.07 Å². The highest BCUT2D eigenvalue weighted by atomic mass is 16.4. The SMILES string of the molecule is N#CC(=NO)C(=O)NC1CCN(Cc2ccccc2)CC1. The van der Waals surface area contributed by atoms with E-state index in [0.29, 0.717) is 0 Å². The number of rotatable bonds is 4. The molecule has 2 N–H and O–H groups in total. The molecule has 0 unspecified atom stereocenters. The van der Waals surface area contributed by atoms with Crippen LogP contribution in [0.2, 0.25) is 0 Å². The number of hydrogen-bond donors (Lipinski definition) is 2. The van der Waals surface area contributed by atoms with Crippen molar-refractivity contribution in [3.63, 3.8) is 0 Å². The van der Waals surface area contributed by atoms with Crippen molar-refractivity contribution >= 4 is 11.6 Å². The Bertz CT molecular complexity index is 543. The molecule has 0 saturated carbocycles. The second kappa shape index (κ2) is 7.41. The van der Waals surface area contributed by atoms with Gasteiger partial charge in [0.2, 0.25) is 5.71 Å². The van der Waals surface area contributed by atoms with E-state index in [1.165, 1.54) is 5.56 Å². The summed E-state index contributed by atoms with van der Waals surface area (Å²) in [6.07, 6.45) is 1.64. The maximum absolute atomic E-state index is 11.6. The summed E-state index contributed by atoms with van der Waals surface area (Å²) >= 11 is 0. The largest absolute Gasteiger partial charge is 0.410 e. The Morgan fingerprint density at radius 3 is 2.62 bits per heavy atom. The summed E-state index contributed by atoms with van der Waals surface area (Å²) in [5, 5.41) is 22.6. The van der Waals surface area contributed by atoms with Crippen LogP contribution in [-0.2, 0) is 11.3 Å². The number of piperidine rings is 1. The van der Waals surface area contributed by atoms with Gasteiger partial charge in [-0.15, -0.1) is 0 Å². The second-order valence-electron chi connectivity index (χ2n) is 5.07. The molecule has 2 rings (SSSR count). The molecule has 0 spiro atoms. The standard InChI is InChI=1S/C15H18N4O2/c16-10-14(18-21)15(20)17-13-6-8-19(9-7-13)11-12-4-2-1-3-5-12/h1-5,13,21H,6-9,11H2,(H,17,20). The summed E-state index contributed by atoms with van der Waals surface area (Å²) in [5.74, 6) is -0.610. The van der Waals surface area contributed by atoms with Gasteiger partial charge in [-0.3, -0.25) is 9.69 Å². The molecule has 1 heterocycles. The van der Waals surface area contributed by atoms with Gasteiger partial charge >= 0.3 is 0 Å². The summed E-state index contributed by atoms with van der Waals surface area (Å²) < 4.78 is 0. The lowest BCUT2D eigenvalue weighted by atomic mass is 10.0. The number of hydrogen-bond acceptors (Lipinski definition) is 5. The molecule has 0 atom stereocenters. The van der Waals surface area contributed by atoms with Crippen LogP contribution in [0, 0.1) is 11.3 Å². The molecule has 110 valence electrons. The molecule has 1 amide bonds. The van der Waals surface area contributed by atoms with Crippen LogP contribution in [0.1, 0.15) is 18.4 Å². The fourth-order valence-corrected chi connectivity index (χ4v) is 2.45. The summed E-state index contributed by atoms with van der Waals surface area (Å²) in [6.45, 7) is 2.68. The number of likely N-dealkylation sites (tertiary alicyclic amines) is 1. The van der Waals surface area contributed by atoms with Gasteiger partial charge in [0, 0.05) is 25.7 Å². The molecule has 0 aliphatic carbocycles. The first-order valence-electron chi connectivity index (χ1n) is 6.92. The van der Waals surface area contributed by atoms with Crippen molar-refractivity contribution in [1.82, 2.24) is 10.2 Å². The van der Waals surface area contributed by atoms with E-state index in [2.05, 4.69) is 27.5 Å². The van der Waals surface area contributed by atoms with Crippen LogP contribution in [0.5, 0.6) is 0 Å². The number of nitrogens with one attached hydrogen (secondary N) is 1. The second-order valence-corrected chi connectivity index (χ2v) is 5.07. The topological polar surface area (TPSA) is 88.7 Å². The number of carbonyl (C=O) groups is 1. The first-order valence-corrected chi connectivity index (χ1v) is 6.92. The average Bonchev–Trinajstić information content (AvgIpc) is 2.51. The summed E-state index contributed by atoms with van der Waals surface area (Å²) in [6, 6.07) is 11.8. The molecular weight excluding hydrogens is 268 g/mol. The van der Waals surface area contributed by atoms with Crippen LogP contribution >= 0.6 is 0 Å². The number of amides is 1. The predicted molar refractivity (Wildman–Crippen MR) is 77.7 cm³/mol. The van der Waals surface area contributed by atoms with E-state index < -0.39 is 11.6 Å². The zero-order valence-electron chi connectivity index (χ0n) is 11.7. The minimum absolute atomic E-state index is 0.0228. The number of nitrogens with zero attached hydrogens (tertiary/aromatic N) is 3. The van der Waals surface area contributed by atoms with E-state index in [1.807, 2.05) is 18.2 Å². The molecule has 1 fully saturated rings. The Kier molecular flexibility index (Phi) is 5.29. The lowest BCUT2D eigenvalue weighted by molar-refractivity contribution is -0.115. The number of carbonyl (C=O) groups excluding carboxylic acids is 1. The molecule has 21 heavy (non-hydrogen) atoms. The van der Waals surface area contributed by atoms with Crippen molar-refractivity contribution < 1.29 is 10.0 Å². The van der Waals surface area contributed by atoms with Crippen LogP contribution in [-0.4, -0.2) is 40.9 Å². The van der Waals surface area contributed by atoms with Gasteiger partial charge in [-0.25, -0.2) is 0 Å². The number of benzene rings is 1. The highest BCUT2D eigenvalue weighted by molar-refractivity contribution is 6.45. The van der Waals surface area contributed by atoms with E-state index in [9.17, 15) is 4.79 Å². The molecule has 1 aliphatic heterocycles. The lowest BCUT2D eigenvalue weighted by Gasteiger charge is -2.32. The van der Waals surface area contributed by atoms with Gasteiger partial charge in [-0.05, 0) is 18.4 Å².